The van der Waals surface area contributed by atoms with Crippen molar-refractivity contribution in [2.45, 2.75) is 20.4 Å². The Morgan fingerprint density at radius 1 is 1.45 bits per heavy atom. The Labute approximate surface area is 115 Å². The molecule has 0 saturated heterocycles. The molecular weight excluding hydrogens is 260 g/mol. The lowest BCUT2D eigenvalue weighted by Gasteiger charge is -2.08. The number of hydrogen-bond donors (Lipinski definition) is 1. The van der Waals surface area contributed by atoms with Gasteiger partial charge in [0.05, 0.1) is 4.92 Å². The average Bonchev–Trinajstić information content (AvgIpc) is 2.85. The molecule has 1 aromatic carbocycles. The van der Waals surface area contributed by atoms with Gasteiger partial charge in [-0.05, 0) is 28.5 Å². The van der Waals surface area contributed by atoms with Crippen molar-refractivity contribution in [3.63, 3.8) is 0 Å². The molecule has 1 N–H and O–H groups in total. The van der Waals surface area contributed by atoms with Crippen molar-refractivity contribution in [2.24, 2.45) is 5.92 Å². The van der Waals surface area contributed by atoms with Gasteiger partial charge in [0.1, 0.15) is 5.69 Å². The first kappa shape index (κ1) is 13.9. The fourth-order valence-corrected chi connectivity index (χ4v) is 1.91. The van der Waals surface area contributed by atoms with Gasteiger partial charge in [0, 0.05) is 25.2 Å². The first-order chi connectivity index (χ1) is 9.52. The number of rotatable bonds is 5. The summed E-state index contributed by atoms with van der Waals surface area (Å²) < 4.78 is 1.66. The second-order valence-corrected chi connectivity index (χ2v) is 4.82. The summed E-state index contributed by atoms with van der Waals surface area (Å²) in [5.41, 5.74) is 1.09. The van der Waals surface area contributed by atoms with E-state index < -0.39 is 4.92 Å². The maximum Gasteiger partial charge on any atom is 0.293 e. The molecule has 0 fully saturated rings. The first-order valence-electron chi connectivity index (χ1n) is 6.25. The van der Waals surface area contributed by atoms with Gasteiger partial charge < -0.3 is 5.32 Å². The van der Waals surface area contributed by atoms with Crippen LogP contribution in [0.25, 0.3) is 11.4 Å². The molecule has 0 radical (unpaired) electrons. The predicted octanol–water partition coefficient (Wildman–Crippen LogP) is 1.95. The molecule has 0 saturated carbocycles. The number of nitrogens with one attached hydrogen (secondary N) is 1. The Balaban J connectivity index is 2.46. The van der Waals surface area contributed by atoms with Crippen LogP contribution in [0.2, 0.25) is 0 Å². The summed E-state index contributed by atoms with van der Waals surface area (Å²) in [5.74, 6) is 0.910. The van der Waals surface area contributed by atoms with Crippen LogP contribution in [0.5, 0.6) is 0 Å². The second-order valence-electron chi connectivity index (χ2n) is 4.82. The highest BCUT2D eigenvalue weighted by Gasteiger charge is 2.17. The van der Waals surface area contributed by atoms with Crippen LogP contribution in [-0.2, 0) is 6.54 Å². The number of aromatic nitrogens is 4. The highest BCUT2D eigenvalue weighted by atomic mass is 16.6. The minimum atomic E-state index is -0.425. The second kappa shape index (κ2) is 5.64. The lowest BCUT2D eigenvalue weighted by molar-refractivity contribution is -0.383. The van der Waals surface area contributed by atoms with Gasteiger partial charge in [-0.1, -0.05) is 13.8 Å². The maximum atomic E-state index is 11.1. The van der Waals surface area contributed by atoms with Gasteiger partial charge in [0.15, 0.2) is 5.82 Å². The molecule has 0 aliphatic rings. The smallest absolute Gasteiger partial charge is 0.293 e. The number of nitro benzene ring substituents is 1. The van der Waals surface area contributed by atoms with E-state index in [1.807, 2.05) is 0 Å². The van der Waals surface area contributed by atoms with Gasteiger partial charge in [-0.15, -0.1) is 5.10 Å². The van der Waals surface area contributed by atoms with Crippen molar-refractivity contribution in [1.82, 2.24) is 20.2 Å². The van der Waals surface area contributed by atoms with Crippen molar-refractivity contribution < 1.29 is 4.92 Å². The number of nitro groups is 1. The quantitative estimate of drug-likeness (QED) is 0.662. The van der Waals surface area contributed by atoms with Crippen molar-refractivity contribution in [3.8, 4) is 11.4 Å². The SMILES string of the molecule is CNc1ccc(-c2nnnn2CC(C)C)cc1[N+](=O)[O-]. The van der Waals surface area contributed by atoms with E-state index in [1.54, 1.807) is 23.9 Å². The summed E-state index contributed by atoms with van der Waals surface area (Å²) >= 11 is 0. The lowest BCUT2D eigenvalue weighted by atomic mass is 10.1. The molecule has 1 aromatic heterocycles. The molecule has 0 unspecified atom stereocenters. The van der Waals surface area contributed by atoms with E-state index in [0.29, 0.717) is 29.5 Å². The van der Waals surface area contributed by atoms with Gasteiger partial charge in [0.25, 0.3) is 5.69 Å². The molecule has 2 rings (SSSR count). The summed E-state index contributed by atoms with van der Waals surface area (Å²) in [7, 11) is 1.64. The van der Waals surface area contributed by atoms with Gasteiger partial charge in [-0.2, -0.15) is 0 Å². The third kappa shape index (κ3) is 2.73. The van der Waals surface area contributed by atoms with E-state index in [4.69, 9.17) is 0 Å². The Bertz CT molecular complexity index is 622. The standard InChI is InChI=1S/C12H16N6O2/c1-8(2)7-17-12(14-15-16-17)9-4-5-10(13-3)11(6-9)18(19)20/h4-6,8,13H,7H2,1-3H3. The minimum absolute atomic E-state index is 0.00379. The highest BCUT2D eigenvalue weighted by Crippen LogP contribution is 2.29. The van der Waals surface area contributed by atoms with E-state index in [9.17, 15) is 10.1 Å². The van der Waals surface area contributed by atoms with Crippen LogP contribution in [0, 0.1) is 16.0 Å². The highest BCUT2D eigenvalue weighted by molar-refractivity contribution is 5.70. The van der Waals surface area contributed by atoms with Crippen LogP contribution in [0.1, 0.15) is 13.8 Å². The van der Waals surface area contributed by atoms with Crippen LogP contribution in [0.4, 0.5) is 11.4 Å². The molecule has 0 aliphatic carbocycles. The van der Waals surface area contributed by atoms with E-state index in [0.717, 1.165) is 0 Å². The molecule has 0 atom stereocenters. The first-order valence-corrected chi connectivity index (χ1v) is 6.25. The third-order valence-electron chi connectivity index (χ3n) is 2.79. The van der Waals surface area contributed by atoms with Gasteiger partial charge >= 0.3 is 0 Å². The molecule has 8 nitrogen and oxygen atoms in total. The summed E-state index contributed by atoms with van der Waals surface area (Å²) in [4.78, 5) is 10.6. The summed E-state index contributed by atoms with van der Waals surface area (Å²) in [6.07, 6.45) is 0. The Morgan fingerprint density at radius 3 is 2.80 bits per heavy atom. The molecule has 8 heteroatoms. The zero-order valence-electron chi connectivity index (χ0n) is 11.6. The molecule has 106 valence electrons. The zero-order valence-corrected chi connectivity index (χ0v) is 11.6. The zero-order chi connectivity index (χ0) is 14.7. The average molecular weight is 276 g/mol. The largest absolute Gasteiger partial charge is 0.383 e. The Morgan fingerprint density at radius 2 is 2.20 bits per heavy atom. The maximum absolute atomic E-state index is 11.1. The summed E-state index contributed by atoms with van der Waals surface area (Å²) in [6.45, 7) is 4.76. The molecule has 0 spiro atoms. The number of nitrogens with zero attached hydrogens (tertiary/aromatic N) is 5. The molecule has 1 heterocycles. The summed E-state index contributed by atoms with van der Waals surface area (Å²) in [5, 5.41) is 25.4. The monoisotopic (exact) mass is 276 g/mol. The van der Waals surface area contributed by atoms with Crippen molar-refractivity contribution in [2.75, 3.05) is 12.4 Å². The minimum Gasteiger partial charge on any atom is -0.383 e. The van der Waals surface area contributed by atoms with Crippen molar-refractivity contribution in [1.29, 1.82) is 0 Å². The van der Waals surface area contributed by atoms with Gasteiger partial charge in [-0.25, -0.2) is 4.68 Å². The van der Waals surface area contributed by atoms with E-state index >= 15 is 0 Å². The molecule has 0 aliphatic heterocycles. The van der Waals surface area contributed by atoms with Crippen molar-refractivity contribution >= 4 is 11.4 Å². The molecule has 2 aromatic rings. The fourth-order valence-electron chi connectivity index (χ4n) is 1.91. The van der Waals surface area contributed by atoms with E-state index in [2.05, 4.69) is 34.7 Å². The van der Waals surface area contributed by atoms with Gasteiger partial charge in [-0.3, -0.25) is 10.1 Å². The van der Waals surface area contributed by atoms with Crippen molar-refractivity contribution in [3.05, 3.63) is 28.3 Å². The number of anilines is 1. The molecular formula is C12H16N6O2. The normalized spacial score (nSPS) is 10.8. The van der Waals surface area contributed by atoms with E-state index in [1.165, 1.54) is 6.07 Å². The topological polar surface area (TPSA) is 98.8 Å². The van der Waals surface area contributed by atoms with Crippen LogP contribution in [0.15, 0.2) is 18.2 Å². The van der Waals surface area contributed by atoms with Crippen LogP contribution in [-0.4, -0.2) is 32.2 Å². The lowest BCUT2D eigenvalue weighted by Crippen LogP contribution is -2.08. The third-order valence-corrected chi connectivity index (χ3v) is 2.79. The Hall–Kier alpha value is -2.51. The van der Waals surface area contributed by atoms with Gasteiger partial charge in [0.2, 0.25) is 0 Å². The number of hydrogen-bond acceptors (Lipinski definition) is 6. The van der Waals surface area contributed by atoms with Crippen LogP contribution < -0.4 is 5.32 Å². The van der Waals surface area contributed by atoms with Crippen LogP contribution in [0.3, 0.4) is 0 Å². The fraction of sp³-hybridized carbons (Fsp3) is 0.417. The van der Waals surface area contributed by atoms with E-state index in [-0.39, 0.29) is 5.69 Å². The summed E-state index contributed by atoms with van der Waals surface area (Å²) in [6, 6.07) is 4.90. The Kier molecular flexibility index (Phi) is 3.92. The van der Waals surface area contributed by atoms with Crippen LogP contribution >= 0.6 is 0 Å². The molecule has 0 amide bonds. The molecule has 0 bridgehead atoms. The molecule has 20 heavy (non-hydrogen) atoms. The number of tetrazole rings is 1. The predicted molar refractivity (Wildman–Crippen MR) is 74.3 cm³/mol. The number of benzene rings is 1.